The minimum absolute atomic E-state index is 0.194. The van der Waals surface area contributed by atoms with Gasteiger partial charge in [0, 0.05) is 37.7 Å². The van der Waals surface area contributed by atoms with Gasteiger partial charge >= 0.3 is 0 Å². The Morgan fingerprint density at radius 1 is 0.918 bits per heavy atom. The van der Waals surface area contributed by atoms with Gasteiger partial charge in [0.1, 0.15) is 30.0 Å². The van der Waals surface area contributed by atoms with Crippen LogP contribution in [-0.4, -0.2) is 64.0 Å². The molecular weight excluding hydrogens is 620 g/mol. The van der Waals surface area contributed by atoms with Gasteiger partial charge in [-0.1, -0.05) is 58.2 Å². The maximum Gasteiger partial charge on any atom is 0.248 e. The number of piperidine rings is 1. The maximum atomic E-state index is 14.5. The number of unbranched alkanes of at least 4 members (excludes halogenated alkanes) is 2. The molecular formula is C38H49N6O5+. The number of nitrogens with zero attached hydrogens (tertiary/aromatic N) is 3. The number of hydrogen-bond acceptors (Lipinski definition) is 6. The number of rotatable bonds is 11. The number of fused-ring (bicyclic) bond motifs is 2. The summed E-state index contributed by atoms with van der Waals surface area (Å²) in [5, 5.41) is 9.76. The summed E-state index contributed by atoms with van der Waals surface area (Å²) in [4.78, 5) is 75.1. The Morgan fingerprint density at radius 2 is 1.69 bits per heavy atom. The minimum Gasteiger partial charge on any atom is -0.343 e. The lowest BCUT2D eigenvalue weighted by molar-refractivity contribution is -0.594. The van der Waals surface area contributed by atoms with Crippen molar-refractivity contribution in [3.8, 4) is 5.69 Å². The molecule has 2 aliphatic heterocycles. The number of carbonyl (C=O) groups is 5. The Balaban J connectivity index is 1.58. The fourth-order valence-corrected chi connectivity index (χ4v) is 6.84. The van der Waals surface area contributed by atoms with Crippen LogP contribution >= 0.6 is 0 Å². The molecule has 3 aromatic rings. The average molecular weight is 670 g/mol. The molecule has 11 nitrogen and oxygen atoms in total. The molecule has 0 aliphatic carbocycles. The zero-order chi connectivity index (χ0) is 34.9. The minimum atomic E-state index is -1.23. The third-order valence-electron chi connectivity index (χ3n) is 9.95. The van der Waals surface area contributed by atoms with Crippen LogP contribution in [0, 0.1) is 5.92 Å². The first-order valence-corrected chi connectivity index (χ1v) is 17.8. The molecule has 49 heavy (non-hydrogen) atoms. The Labute approximate surface area is 288 Å². The van der Waals surface area contributed by atoms with Gasteiger partial charge < -0.3 is 20.9 Å². The first-order valence-electron chi connectivity index (χ1n) is 17.8. The van der Waals surface area contributed by atoms with Crippen molar-refractivity contribution in [3.63, 3.8) is 0 Å². The number of nitrogens with one attached hydrogen (secondary N) is 3. The van der Waals surface area contributed by atoms with Gasteiger partial charge in [0.25, 0.3) is 0 Å². The predicted molar refractivity (Wildman–Crippen MR) is 185 cm³/mol. The van der Waals surface area contributed by atoms with Crippen LogP contribution in [0.1, 0.15) is 96.6 Å². The summed E-state index contributed by atoms with van der Waals surface area (Å²) < 4.78 is 1.89. The van der Waals surface area contributed by atoms with Crippen molar-refractivity contribution in [1.29, 1.82) is 0 Å². The lowest BCUT2D eigenvalue weighted by atomic mass is 9.93. The van der Waals surface area contributed by atoms with E-state index in [0.717, 1.165) is 18.2 Å². The van der Waals surface area contributed by atoms with Crippen LogP contribution in [0.4, 0.5) is 0 Å². The standard InChI is InChI=1S/C38H48N6O5/c1-4-25(3)32-38(49)44-23-15-12-20-31(44)36(47)40-30(19-9-6-8-16-26(45)5-2)35(46)42-33(37(48)41-32)28-24-39-29-18-11-10-17-27(29)34(28)43-21-13-7-14-22-43/h7,10-11,13-14,17-18,21-22,24-25,30-33H,4-6,8-9,12,15-16,19-20,23H2,1-3H3,(H2-,40,41,42,46,47,48)/p+1/t25?,30-,31+,32-,33?/m0/s1. The molecule has 0 saturated carbocycles. The molecule has 0 bridgehead atoms. The summed E-state index contributed by atoms with van der Waals surface area (Å²) in [6, 6.07) is 9.44. The van der Waals surface area contributed by atoms with Gasteiger partial charge in [0.05, 0.1) is 16.5 Å². The Kier molecular flexibility index (Phi) is 12.1. The zero-order valence-electron chi connectivity index (χ0n) is 28.8. The molecule has 1 aromatic carbocycles. The summed E-state index contributed by atoms with van der Waals surface area (Å²) in [6.07, 6.45) is 11.3. The molecule has 2 unspecified atom stereocenters. The van der Waals surface area contributed by atoms with Crippen LogP contribution in [-0.2, 0) is 24.0 Å². The normalized spacial score (nSPS) is 22.6. The molecule has 11 heteroatoms. The summed E-state index contributed by atoms with van der Waals surface area (Å²) in [5.74, 6) is -1.72. The van der Waals surface area contributed by atoms with E-state index in [1.165, 1.54) is 0 Å². The highest BCUT2D eigenvalue weighted by atomic mass is 16.2. The van der Waals surface area contributed by atoms with Crippen LogP contribution in [0.25, 0.3) is 16.6 Å². The molecule has 5 rings (SSSR count). The number of pyridine rings is 2. The van der Waals surface area contributed by atoms with E-state index >= 15 is 0 Å². The molecule has 2 fully saturated rings. The molecule has 4 heterocycles. The number of amides is 4. The van der Waals surface area contributed by atoms with E-state index in [9.17, 15) is 24.0 Å². The summed E-state index contributed by atoms with van der Waals surface area (Å²) in [5.41, 5.74) is 1.84. The molecule has 4 amide bonds. The van der Waals surface area contributed by atoms with Gasteiger partial charge in [-0.2, -0.15) is 4.57 Å². The third-order valence-corrected chi connectivity index (χ3v) is 9.95. The lowest BCUT2D eigenvalue weighted by Crippen LogP contribution is -2.62. The first kappa shape index (κ1) is 35.6. The van der Waals surface area contributed by atoms with E-state index in [1.807, 2.05) is 80.2 Å². The smallest absolute Gasteiger partial charge is 0.248 e. The fraction of sp³-hybridized carbons (Fsp3) is 0.500. The number of ketones is 1. The summed E-state index contributed by atoms with van der Waals surface area (Å²) in [6.45, 7) is 6.11. The highest BCUT2D eigenvalue weighted by molar-refractivity contribution is 5.99. The average Bonchev–Trinajstić information content (AvgIpc) is 3.13. The Hall–Kier alpha value is -4.67. The van der Waals surface area contributed by atoms with Crippen LogP contribution in [0.15, 0.2) is 61.1 Å². The topological polar surface area (TPSA) is 141 Å². The van der Waals surface area contributed by atoms with Crippen LogP contribution in [0.5, 0.6) is 0 Å². The lowest BCUT2D eigenvalue weighted by Gasteiger charge is -2.39. The van der Waals surface area contributed by atoms with E-state index in [-0.39, 0.29) is 23.5 Å². The predicted octanol–water partition coefficient (Wildman–Crippen LogP) is 4.01. The fourth-order valence-electron chi connectivity index (χ4n) is 6.84. The maximum absolute atomic E-state index is 14.5. The van der Waals surface area contributed by atoms with E-state index in [1.54, 1.807) is 11.1 Å². The zero-order valence-corrected chi connectivity index (χ0v) is 28.8. The largest absolute Gasteiger partial charge is 0.343 e. The number of aromatic nitrogens is 2. The van der Waals surface area contributed by atoms with Gasteiger partial charge in [-0.25, -0.2) is 0 Å². The van der Waals surface area contributed by atoms with Gasteiger partial charge in [-0.05, 0) is 50.2 Å². The second-order valence-electron chi connectivity index (χ2n) is 13.3. The monoisotopic (exact) mass is 669 g/mol. The number of carbonyl (C=O) groups excluding carboxylic acids is 5. The first-order chi connectivity index (χ1) is 23.7. The second-order valence-corrected chi connectivity index (χ2v) is 13.3. The van der Waals surface area contributed by atoms with Crippen LogP contribution in [0.2, 0.25) is 0 Å². The van der Waals surface area contributed by atoms with Crippen molar-refractivity contribution in [1.82, 2.24) is 25.8 Å². The molecule has 3 N–H and O–H groups in total. The van der Waals surface area contributed by atoms with Crippen LogP contribution in [0.3, 0.4) is 0 Å². The van der Waals surface area contributed by atoms with Crippen molar-refractivity contribution in [2.45, 2.75) is 109 Å². The van der Waals surface area contributed by atoms with Crippen molar-refractivity contribution in [3.05, 3.63) is 66.6 Å². The van der Waals surface area contributed by atoms with E-state index in [2.05, 4.69) is 20.9 Å². The number of Topliss-reactive ketones (excluding diaryl/α,β-unsaturated/α-hetero) is 1. The highest BCUT2D eigenvalue weighted by Gasteiger charge is 2.42. The van der Waals surface area contributed by atoms with Crippen molar-refractivity contribution < 1.29 is 28.5 Å². The van der Waals surface area contributed by atoms with Crippen LogP contribution < -0.4 is 20.5 Å². The third kappa shape index (κ3) is 8.32. The van der Waals surface area contributed by atoms with Crippen molar-refractivity contribution in [2.75, 3.05) is 6.54 Å². The van der Waals surface area contributed by atoms with Gasteiger partial charge in [-0.3, -0.25) is 29.0 Å². The van der Waals surface area contributed by atoms with Gasteiger partial charge in [-0.15, -0.1) is 0 Å². The molecule has 0 radical (unpaired) electrons. The molecule has 2 aromatic heterocycles. The van der Waals surface area contributed by atoms with E-state index in [0.29, 0.717) is 74.7 Å². The Morgan fingerprint density at radius 3 is 2.45 bits per heavy atom. The van der Waals surface area contributed by atoms with Gasteiger partial charge in [0.15, 0.2) is 12.4 Å². The Bertz CT molecular complexity index is 1660. The summed E-state index contributed by atoms with van der Waals surface area (Å²) >= 11 is 0. The number of benzene rings is 1. The van der Waals surface area contributed by atoms with Crippen molar-refractivity contribution >= 4 is 40.3 Å². The quantitative estimate of drug-likeness (QED) is 0.208. The van der Waals surface area contributed by atoms with Crippen molar-refractivity contribution in [2.24, 2.45) is 5.92 Å². The van der Waals surface area contributed by atoms with Gasteiger partial charge in [0.2, 0.25) is 29.3 Å². The van der Waals surface area contributed by atoms with E-state index < -0.39 is 36.0 Å². The second kappa shape index (κ2) is 16.6. The molecule has 2 aliphatic rings. The highest BCUT2D eigenvalue weighted by Crippen LogP contribution is 2.28. The summed E-state index contributed by atoms with van der Waals surface area (Å²) in [7, 11) is 0. The number of para-hydroxylation sites is 1. The molecule has 0 spiro atoms. The molecule has 2 saturated heterocycles. The number of hydrogen-bond donors (Lipinski definition) is 3. The van der Waals surface area contributed by atoms with E-state index in [4.69, 9.17) is 0 Å². The molecule has 5 atom stereocenters. The molecule has 260 valence electrons. The SMILES string of the molecule is CCC(=O)CCCCC[C@@H]1NC(=O)[C@H]2CCCCN2C(=O)[C@H](C(C)CC)NC(=O)C(c2cnc3ccccc3c2-[n+]2ccccc2)NC1=O.